The standard InChI is InChI=1S/C22H24N2O8S2/c1-29-19-10-8-17(13-21(19)31-3)33(25,26)23-15-6-5-7-16(12-15)24-34(27,28)18-9-11-20(30-2)22(14-18)32-4/h5-14,23-24H,1-4H3. The fraction of sp³-hybridized carbons (Fsp3) is 0.182. The molecule has 0 heterocycles. The lowest BCUT2D eigenvalue weighted by molar-refractivity contribution is 0.354. The second-order valence-corrected chi connectivity index (χ2v) is 10.2. The number of hydrogen-bond acceptors (Lipinski definition) is 8. The molecule has 0 fully saturated rings. The van der Waals surface area contributed by atoms with Gasteiger partial charge in [-0.3, -0.25) is 9.44 Å². The van der Waals surface area contributed by atoms with Crippen LogP contribution < -0.4 is 28.4 Å². The Balaban J connectivity index is 1.85. The molecule has 0 atom stereocenters. The van der Waals surface area contributed by atoms with Crippen molar-refractivity contribution in [3.05, 3.63) is 60.7 Å². The largest absolute Gasteiger partial charge is 0.493 e. The van der Waals surface area contributed by atoms with Crippen LogP contribution in [0.4, 0.5) is 11.4 Å². The smallest absolute Gasteiger partial charge is 0.262 e. The molecule has 0 saturated carbocycles. The first-order valence-corrected chi connectivity index (χ1v) is 12.7. The summed E-state index contributed by atoms with van der Waals surface area (Å²) in [5.41, 5.74) is 0.310. The Morgan fingerprint density at radius 1 is 0.529 bits per heavy atom. The Morgan fingerprint density at radius 3 is 1.26 bits per heavy atom. The maximum absolute atomic E-state index is 12.8. The van der Waals surface area contributed by atoms with Gasteiger partial charge in [0.15, 0.2) is 23.0 Å². The molecule has 3 aromatic carbocycles. The van der Waals surface area contributed by atoms with Gasteiger partial charge in [-0.2, -0.15) is 0 Å². The summed E-state index contributed by atoms with van der Waals surface area (Å²) in [6, 6.07) is 14.2. The van der Waals surface area contributed by atoms with Gasteiger partial charge in [0, 0.05) is 12.1 Å². The van der Waals surface area contributed by atoms with Gasteiger partial charge >= 0.3 is 0 Å². The van der Waals surface area contributed by atoms with E-state index in [1.165, 1.54) is 89.1 Å². The minimum absolute atomic E-state index is 0.0542. The summed E-state index contributed by atoms with van der Waals surface area (Å²) in [6.07, 6.45) is 0. The zero-order valence-corrected chi connectivity index (χ0v) is 20.5. The topological polar surface area (TPSA) is 129 Å². The van der Waals surface area contributed by atoms with Gasteiger partial charge in [0.1, 0.15) is 0 Å². The van der Waals surface area contributed by atoms with Crippen molar-refractivity contribution in [2.75, 3.05) is 37.9 Å². The van der Waals surface area contributed by atoms with E-state index in [1.54, 1.807) is 0 Å². The van der Waals surface area contributed by atoms with Crippen LogP contribution in [0.1, 0.15) is 0 Å². The van der Waals surface area contributed by atoms with Gasteiger partial charge in [-0.25, -0.2) is 16.8 Å². The van der Waals surface area contributed by atoms with Crippen molar-refractivity contribution in [3.8, 4) is 23.0 Å². The predicted octanol–water partition coefficient (Wildman–Crippen LogP) is 3.32. The van der Waals surface area contributed by atoms with E-state index in [2.05, 4.69) is 9.44 Å². The molecule has 0 bridgehead atoms. The molecule has 0 unspecified atom stereocenters. The molecule has 0 radical (unpaired) electrons. The summed E-state index contributed by atoms with van der Waals surface area (Å²) in [6.45, 7) is 0. The summed E-state index contributed by atoms with van der Waals surface area (Å²) in [7, 11) is -2.30. The van der Waals surface area contributed by atoms with Gasteiger partial charge in [0.25, 0.3) is 20.0 Å². The van der Waals surface area contributed by atoms with E-state index in [-0.39, 0.29) is 32.7 Å². The number of benzene rings is 3. The predicted molar refractivity (Wildman–Crippen MR) is 127 cm³/mol. The number of rotatable bonds is 10. The highest BCUT2D eigenvalue weighted by molar-refractivity contribution is 7.93. The van der Waals surface area contributed by atoms with E-state index >= 15 is 0 Å². The molecule has 0 aliphatic heterocycles. The van der Waals surface area contributed by atoms with Crippen molar-refractivity contribution in [2.45, 2.75) is 9.79 Å². The van der Waals surface area contributed by atoms with E-state index in [0.717, 1.165) is 0 Å². The van der Waals surface area contributed by atoms with Gasteiger partial charge in [0.2, 0.25) is 0 Å². The molecule has 0 aliphatic rings. The lowest BCUT2D eigenvalue weighted by Crippen LogP contribution is -2.15. The normalized spacial score (nSPS) is 11.4. The summed E-state index contributed by atoms with van der Waals surface area (Å²) in [5.74, 6) is 1.27. The lowest BCUT2D eigenvalue weighted by atomic mass is 10.3. The number of methoxy groups -OCH3 is 4. The SMILES string of the molecule is COc1ccc(S(=O)(=O)Nc2cccc(NS(=O)(=O)c3ccc(OC)c(OC)c3)c2)cc1OC. The Hall–Kier alpha value is -3.64. The first-order chi connectivity index (χ1) is 16.1. The molecule has 10 nitrogen and oxygen atoms in total. The first-order valence-electron chi connectivity index (χ1n) is 9.73. The summed E-state index contributed by atoms with van der Waals surface area (Å²) >= 11 is 0. The number of nitrogens with one attached hydrogen (secondary N) is 2. The van der Waals surface area contributed by atoms with Crippen LogP contribution >= 0.6 is 0 Å². The van der Waals surface area contributed by atoms with E-state index in [0.29, 0.717) is 11.5 Å². The fourth-order valence-electron chi connectivity index (χ4n) is 3.04. The monoisotopic (exact) mass is 508 g/mol. The van der Waals surface area contributed by atoms with Gasteiger partial charge < -0.3 is 18.9 Å². The third-order valence-electron chi connectivity index (χ3n) is 4.70. The average Bonchev–Trinajstić information content (AvgIpc) is 2.82. The number of ether oxygens (including phenoxy) is 4. The van der Waals surface area contributed by atoms with E-state index in [1.807, 2.05) is 0 Å². The number of sulfonamides is 2. The summed E-state index contributed by atoms with van der Waals surface area (Å²) in [4.78, 5) is -0.108. The van der Waals surface area contributed by atoms with Gasteiger partial charge in [-0.1, -0.05) is 6.07 Å². The van der Waals surface area contributed by atoms with Crippen LogP contribution in [-0.4, -0.2) is 45.3 Å². The highest BCUT2D eigenvalue weighted by Gasteiger charge is 2.20. The van der Waals surface area contributed by atoms with Crippen LogP contribution in [0.2, 0.25) is 0 Å². The average molecular weight is 509 g/mol. The maximum Gasteiger partial charge on any atom is 0.262 e. The summed E-state index contributed by atoms with van der Waals surface area (Å²) in [5, 5.41) is 0. The van der Waals surface area contributed by atoms with Crippen LogP contribution in [0, 0.1) is 0 Å². The third kappa shape index (κ3) is 5.46. The minimum Gasteiger partial charge on any atom is -0.493 e. The number of anilines is 2. The molecule has 0 aliphatic carbocycles. The Morgan fingerprint density at radius 2 is 0.912 bits per heavy atom. The van der Waals surface area contributed by atoms with Crippen LogP contribution in [0.3, 0.4) is 0 Å². The van der Waals surface area contributed by atoms with Crippen LogP contribution in [-0.2, 0) is 20.0 Å². The van der Waals surface area contributed by atoms with Crippen molar-refractivity contribution in [1.82, 2.24) is 0 Å². The third-order valence-corrected chi connectivity index (χ3v) is 7.46. The highest BCUT2D eigenvalue weighted by atomic mass is 32.2. The molecule has 0 aromatic heterocycles. The molecule has 182 valence electrons. The zero-order valence-electron chi connectivity index (χ0n) is 18.9. The highest BCUT2D eigenvalue weighted by Crippen LogP contribution is 2.32. The Bertz CT molecular complexity index is 1290. The Kier molecular flexibility index (Phi) is 7.42. The fourth-order valence-corrected chi connectivity index (χ4v) is 5.17. The van der Waals surface area contributed by atoms with Crippen LogP contribution in [0.5, 0.6) is 23.0 Å². The molecule has 0 spiro atoms. The summed E-state index contributed by atoms with van der Waals surface area (Å²) < 4.78 is 76.8. The van der Waals surface area contributed by atoms with Crippen LogP contribution in [0.15, 0.2) is 70.5 Å². The minimum atomic E-state index is -3.99. The van der Waals surface area contributed by atoms with Crippen molar-refractivity contribution in [3.63, 3.8) is 0 Å². The molecule has 3 aromatic rings. The van der Waals surface area contributed by atoms with Gasteiger partial charge in [-0.15, -0.1) is 0 Å². The van der Waals surface area contributed by atoms with Crippen LogP contribution in [0.25, 0.3) is 0 Å². The number of hydrogen-bond donors (Lipinski definition) is 2. The Labute approximate surface area is 198 Å². The van der Waals surface area contributed by atoms with Gasteiger partial charge in [0.05, 0.1) is 49.6 Å². The maximum atomic E-state index is 12.8. The second kappa shape index (κ2) is 10.1. The van der Waals surface area contributed by atoms with Crippen molar-refractivity contribution in [1.29, 1.82) is 0 Å². The first kappa shape index (κ1) is 25.0. The molecule has 2 N–H and O–H groups in total. The van der Waals surface area contributed by atoms with E-state index < -0.39 is 20.0 Å². The quantitative estimate of drug-likeness (QED) is 0.427. The van der Waals surface area contributed by atoms with E-state index in [9.17, 15) is 16.8 Å². The lowest BCUT2D eigenvalue weighted by Gasteiger charge is -2.14. The van der Waals surface area contributed by atoms with Gasteiger partial charge in [-0.05, 0) is 42.5 Å². The van der Waals surface area contributed by atoms with Crippen molar-refractivity contribution in [2.24, 2.45) is 0 Å². The van der Waals surface area contributed by atoms with Crippen molar-refractivity contribution >= 4 is 31.4 Å². The molecular weight excluding hydrogens is 484 g/mol. The molecule has 0 amide bonds. The molecule has 0 saturated heterocycles. The molecule has 3 rings (SSSR count). The molecular formula is C22H24N2O8S2. The van der Waals surface area contributed by atoms with Crippen molar-refractivity contribution < 1.29 is 35.8 Å². The van der Waals surface area contributed by atoms with E-state index in [4.69, 9.17) is 18.9 Å². The second-order valence-electron chi connectivity index (χ2n) is 6.83. The zero-order chi connectivity index (χ0) is 24.9. The molecule has 34 heavy (non-hydrogen) atoms. The molecule has 12 heteroatoms.